The van der Waals surface area contributed by atoms with Crippen molar-refractivity contribution in [2.45, 2.75) is 30.5 Å². The number of thioether (sulfide) groups is 1. The number of benzene rings is 2. The molecule has 0 aliphatic carbocycles. The molecule has 1 unspecified atom stereocenters. The van der Waals surface area contributed by atoms with E-state index in [-0.39, 0.29) is 30.0 Å². The zero-order chi connectivity index (χ0) is 22.8. The first-order chi connectivity index (χ1) is 16.1. The second-order valence-electron chi connectivity index (χ2n) is 7.91. The van der Waals surface area contributed by atoms with Gasteiger partial charge in [-0.05, 0) is 30.2 Å². The zero-order valence-corrected chi connectivity index (χ0v) is 18.5. The number of para-hydroxylation sites is 2. The van der Waals surface area contributed by atoms with Crippen LogP contribution in [-0.4, -0.2) is 50.9 Å². The summed E-state index contributed by atoms with van der Waals surface area (Å²) < 4.78 is 1.88. The molecule has 3 aromatic rings. The van der Waals surface area contributed by atoms with Crippen LogP contribution >= 0.6 is 11.8 Å². The molecular weight excluding hydrogens is 440 g/mol. The largest absolute Gasteiger partial charge is 0.334 e. The first kappa shape index (κ1) is 21.2. The highest BCUT2D eigenvalue weighted by atomic mass is 32.2. The lowest BCUT2D eigenvalue weighted by Crippen LogP contribution is -2.53. The molecule has 168 valence electrons. The SMILES string of the molecule is O=C1CC(Cc2nnc(SCC(=O)N3CCc4ccccc43)n2-c2ccccc2)NC(=O)N1. The van der Waals surface area contributed by atoms with Gasteiger partial charge in [0.25, 0.3) is 0 Å². The van der Waals surface area contributed by atoms with Gasteiger partial charge in [-0.25, -0.2) is 4.79 Å². The van der Waals surface area contributed by atoms with E-state index in [1.807, 2.05) is 58.0 Å². The second kappa shape index (κ2) is 9.07. The first-order valence-electron chi connectivity index (χ1n) is 10.7. The Labute approximate surface area is 194 Å². The molecule has 1 fully saturated rings. The maximum Gasteiger partial charge on any atom is 0.321 e. The highest BCUT2D eigenvalue weighted by Crippen LogP contribution is 2.29. The minimum absolute atomic E-state index is 0.0188. The van der Waals surface area contributed by atoms with Gasteiger partial charge in [0.05, 0.1) is 5.75 Å². The quantitative estimate of drug-likeness (QED) is 0.543. The van der Waals surface area contributed by atoms with Gasteiger partial charge in [0.15, 0.2) is 5.16 Å². The van der Waals surface area contributed by atoms with Crippen molar-refractivity contribution in [2.75, 3.05) is 17.2 Å². The van der Waals surface area contributed by atoms with Crippen molar-refractivity contribution >= 4 is 35.3 Å². The number of carbonyl (C=O) groups is 3. The predicted octanol–water partition coefficient (Wildman–Crippen LogP) is 2.09. The number of nitrogens with zero attached hydrogens (tertiary/aromatic N) is 4. The minimum atomic E-state index is -0.506. The fourth-order valence-corrected chi connectivity index (χ4v) is 5.03. The molecule has 2 aliphatic heterocycles. The minimum Gasteiger partial charge on any atom is -0.334 e. The van der Waals surface area contributed by atoms with E-state index < -0.39 is 6.03 Å². The summed E-state index contributed by atoms with van der Waals surface area (Å²) in [4.78, 5) is 38.3. The van der Waals surface area contributed by atoms with Gasteiger partial charge < -0.3 is 10.2 Å². The Morgan fingerprint density at radius 1 is 1.06 bits per heavy atom. The molecule has 0 spiro atoms. The number of aromatic nitrogens is 3. The molecule has 9 nitrogen and oxygen atoms in total. The lowest BCUT2D eigenvalue weighted by atomic mass is 10.1. The molecule has 2 aliphatic rings. The first-order valence-corrected chi connectivity index (χ1v) is 11.7. The Morgan fingerprint density at radius 3 is 2.67 bits per heavy atom. The molecule has 0 saturated carbocycles. The van der Waals surface area contributed by atoms with Crippen molar-refractivity contribution in [2.24, 2.45) is 0 Å². The fraction of sp³-hybridized carbons (Fsp3) is 0.261. The van der Waals surface area contributed by atoms with Gasteiger partial charge in [-0.3, -0.25) is 19.5 Å². The van der Waals surface area contributed by atoms with Crippen LogP contribution in [0.3, 0.4) is 0 Å². The summed E-state index contributed by atoms with van der Waals surface area (Å²) in [7, 11) is 0. The van der Waals surface area contributed by atoms with E-state index >= 15 is 0 Å². The van der Waals surface area contributed by atoms with Gasteiger partial charge in [0, 0.05) is 36.8 Å². The number of hydrogen-bond acceptors (Lipinski definition) is 6. The van der Waals surface area contributed by atoms with Gasteiger partial charge in [-0.15, -0.1) is 10.2 Å². The molecule has 4 amide bonds. The van der Waals surface area contributed by atoms with Crippen molar-refractivity contribution in [3.05, 3.63) is 66.0 Å². The van der Waals surface area contributed by atoms with Gasteiger partial charge in [-0.2, -0.15) is 0 Å². The van der Waals surface area contributed by atoms with Gasteiger partial charge in [-0.1, -0.05) is 48.2 Å². The van der Waals surface area contributed by atoms with E-state index in [0.717, 1.165) is 17.8 Å². The molecular formula is C23H22N6O3S. The van der Waals surface area contributed by atoms with Crippen molar-refractivity contribution in [3.63, 3.8) is 0 Å². The molecule has 33 heavy (non-hydrogen) atoms. The van der Waals surface area contributed by atoms with Crippen LogP contribution in [0.2, 0.25) is 0 Å². The van der Waals surface area contributed by atoms with E-state index in [4.69, 9.17) is 0 Å². The number of urea groups is 1. The third-order valence-corrected chi connectivity index (χ3v) is 6.59. The Balaban J connectivity index is 1.36. The van der Waals surface area contributed by atoms with E-state index in [0.29, 0.717) is 23.9 Å². The van der Waals surface area contributed by atoms with Crippen molar-refractivity contribution in [1.29, 1.82) is 0 Å². The number of rotatable bonds is 6. The van der Waals surface area contributed by atoms with Crippen LogP contribution in [0, 0.1) is 0 Å². The molecule has 3 heterocycles. The van der Waals surface area contributed by atoms with E-state index in [2.05, 4.69) is 26.9 Å². The van der Waals surface area contributed by atoms with Gasteiger partial charge in [0.1, 0.15) is 5.82 Å². The average molecular weight is 463 g/mol. The highest BCUT2D eigenvalue weighted by molar-refractivity contribution is 7.99. The fourth-order valence-electron chi connectivity index (χ4n) is 4.18. The van der Waals surface area contributed by atoms with Crippen LogP contribution < -0.4 is 15.5 Å². The number of fused-ring (bicyclic) bond motifs is 1. The Hall–Kier alpha value is -3.66. The molecule has 2 N–H and O–H groups in total. The third-order valence-electron chi connectivity index (χ3n) is 5.68. The van der Waals surface area contributed by atoms with Crippen LogP contribution in [0.5, 0.6) is 0 Å². The van der Waals surface area contributed by atoms with Crippen LogP contribution in [0.25, 0.3) is 5.69 Å². The molecule has 1 atom stereocenters. The van der Waals surface area contributed by atoms with Gasteiger partial charge in [0.2, 0.25) is 11.8 Å². The standard InChI is InChI=1S/C23H22N6O3S/c30-20-13-16(24-22(32)25-20)12-19-26-27-23(29(19)17-7-2-1-3-8-17)33-14-21(31)28-11-10-15-6-4-5-9-18(15)28/h1-9,16H,10-14H2,(H2,24,25,30,32). The number of imide groups is 1. The van der Waals surface area contributed by atoms with Crippen LogP contribution in [0.1, 0.15) is 17.8 Å². The maximum atomic E-state index is 13.0. The number of hydrogen-bond donors (Lipinski definition) is 2. The summed E-state index contributed by atoms with van der Waals surface area (Å²) in [6, 6.07) is 16.7. The summed E-state index contributed by atoms with van der Waals surface area (Å²) in [5.41, 5.74) is 3.01. The molecule has 1 aromatic heterocycles. The molecule has 2 aromatic carbocycles. The van der Waals surface area contributed by atoms with Crippen molar-refractivity contribution in [3.8, 4) is 5.69 Å². The lowest BCUT2D eigenvalue weighted by molar-refractivity contribution is -0.121. The van der Waals surface area contributed by atoms with Crippen LogP contribution in [0.4, 0.5) is 10.5 Å². The molecule has 5 rings (SSSR count). The Morgan fingerprint density at radius 2 is 1.85 bits per heavy atom. The molecule has 10 heteroatoms. The van der Waals surface area contributed by atoms with Gasteiger partial charge >= 0.3 is 6.03 Å². The van der Waals surface area contributed by atoms with E-state index in [1.54, 1.807) is 0 Å². The summed E-state index contributed by atoms with van der Waals surface area (Å²) in [6.07, 6.45) is 1.37. The average Bonchev–Trinajstić information content (AvgIpc) is 3.41. The highest BCUT2D eigenvalue weighted by Gasteiger charge is 2.28. The summed E-state index contributed by atoms with van der Waals surface area (Å²) in [5.74, 6) is 0.538. The second-order valence-corrected chi connectivity index (χ2v) is 8.85. The summed E-state index contributed by atoms with van der Waals surface area (Å²) in [6.45, 7) is 0.679. The summed E-state index contributed by atoms with van der Waals surface area (Å²) in [5, 5.41) is 14.2. The summed E-state index contributed by atoms with van der Waals surface area (Å²) >= 11 is 1.33. The molecule has 0 bridgehead atoms. The Kier molecular flexibility index (Phi) is 5.82. The third kappa shape index (κ3) is 4.47. The Bertz CT molecular complexity index is 1200. The normalized spacial score (nSPS) is 17.5. The van der Waals surface area contributed by atoms with Crippen LogP contribution in [0.15, 0.2) is 59.8 Å². The van der Waals surface area contributed by atoms with Crippen molar-refractivity contribution < 1.29 is 14.4 Å². The zero-order valence-electron chi connectivity index (χ0n) is 17.7. The maximum absolute atomic E-state index is 13.0. The molecule has 0 radical (unpaired) electrons. The topological polar surface area (TPSA) is 109 Å². The predicted molar refractivity (Wildman–Crippen MR) is 123 cm³/mol. The monoisotopic (exact) mass is 462 g/mol. The number of carbonyl (C=O) groups excluding carboxylic acids is 3. The molecule has 1 saturated heterocycles. The smallest absolute Gasteiger partial charge is 0.321 e. The van der Waals surface area contributed by atoms with Crippen molar-refractivity contribution in [1.82, 2.24) is 25.4 Å². The lowest BCUT2D eigenvalue weighted by Gasteiger charge is -2.23. The number of anilines is 1. The van der Waals surface area contributed by atoms with E-state index in [1.165, 1.54) is 17.3 Å². The van der Waals surface area contributed by atoms with E-state index in [9.17, 15) is 14.4 Å². The number of amides is 4. The van der Waals surface area contributed by atoms with Crippen LogP contribution in [-0.2, 0) is 22.4 Å². The number of nitrogens with one attached hydrogen (secondary N) is 2.